The van der Waals surface area contributed by atoms with Crippen molar-refractivity contribution in [3.63, 3.8) is 0 Å². The van der Waals surface area contributed by atoms with Gasteiger partial charge in [0.25, 0.3) is 0 Å². The maximum absolute atomic E-state index is 4.65. The zero-order chi connectivity index (χ0) is 16.6. The summed E-state index contributed by atoms with van der Waals surface area (Å²) in [5.41, 5.74) is 1.13. The van der Waals surface area contributed by atoms with Gasteiger partial charge in [-0.3, -0.25) is 4.99 Å². The van der Waals surface area contributed by atoms with E-state index in [1.54, 1.807) is 0 Å². The minimum Gasteiger partial charge on any atom is -0.292 e. The van der Waals surface area contributed by atoms with Crippen LogP contribution < -0.4 is 10.6 Å². The lowest BCUT2D eigenvalue weighted by molar-refractivity contribution is 1.15. The molecule has 0 saturated heterocycles. The van der Waals surface area contributed by atoms with Crippen LogP contribution in [0.2, 0.25) is 0 Å². The minimum atomic E-state index is -0.365. The third-order valence-electron chi connectivity index (χ3n) is 3.72. The van der Waals surface area contributed by atoms with Gasteiger partial charge in [0.2, 0.25) is 0 Å². The predicted molar refractivity (Wildman–Crippen MR) is 111 cm³/mol. The van der Waals surface area contributed by atoms with Gasteiger partial charge in [0, 0.05) is 22.8 Å². The number of benzene rings is 3. The predicted octanol–water partition coefficient (Wildman–Crippen LogP) is 5.00. The molecule has 120 valence electrons. The second kappa shape index (κ2) is 8.92. The number of aliphatic imine (C=N–C) groups is 1. The first-order chi connectivity index (χ1) is 11.8. The first kappa shape index (κ1) is 17.1. The Bertz CT molecular complexity index is 748. The maximum Gasteiger partial charge on any atom is 0.0434 e. The van der Waals surface area contributed by atoms with Crippen LogP contribution in [0.1, 0.15) is 5.56 Å². The highest BCUT2D eigenvalue weighted by Gasteiger charge is 2.12. The molecule has 24 heavy (non-hydrogen) atoms. The van der Waals surface area contributed by atoms with Crippen LogP contribution in [0.4, 0.5) is 0 Å². The van der Waals surface area contributed by atoms with Crippen molar-refractivity contribution in [3.8, 4) is 0 Å². The van der Waals surface area contributed by atoms with Crippen molar-refractivity contribution in [3.05, 3.63) is 95.0 Å². The summed E-state index contributed by atoms with van der Waals surface area (Å²) >= 11 is 3.56. The van der Waals surface area contributed by atoms with Crippen LogP contribution >= 0.6 is 23.9 Å². The summed E-state index contributed by atoms with van der Waals surface area (Å²) in [6.45, 7) is 0.830. The van der Waals surface area contributed by atoms with E-state index in [4.69, 9.17) is 0 Å². The van der Waals surface area contributed by atoms with Gasteiger partial charge in [-0.2, -0.15) is 0 Å². The molecular formula is C21H19BrNP. The number of halogens is 1. The van der Waals surface area contributed by atoms with Crippen LogP contribution in [0.25, 0.3) is 0 Å². The number of hydrogen-bond acceptors (Lipinski definition) is 1. The Hall–Kier alpha value is -1.76. The van der Waals surface area contributed by atoms with Gasteiger partial charge in [0.1, 0.15) is 0 Å². The molecule has 0 spiro atoms. The third kappa shape index (κ3) is 4.63. The summed E-state index contributed by atoms with van der Waals surface area (Å²) in [7, 11) is -0.365. The summed E-state index contributed by atoms with van der Waals surface area (Å²) in [5, 5.41) is 2.82. The molecule has 0 aromatic heterocycles. The molecule has 0 aliphatic rings. The van der Waals surface area contributed by atoms with E-state index in [2.05, 4.69) is 87.7 Å². The van der Waals surface area contributed by atoms with Crippen LogP contribution in [0, 0.1) is 0 Å². The first-order valence-corrected chi connectivity index (χ1v) is 10.3. The van der Waals surface area contributed by atoms with Gasteiger partial charge in [-0.1, -0.05) is 94.8 Å². The molecule has 0 atom stereocenters. The quantitative estimate of drug-likeness (QED) is 0.411. The first-order valence-electron chi connectivity index (χ1n) is 7.96. The molecule has 0 fully saturated rings. The van der Waals surface area contributed by atoms with E-state index in [1.807, 2.05) is 24.4 Å². The fraction of sp³-hybridized carbons (Fsp3) is 0.0952. The molecule has 3 rings (SSSR count). The summed E-state index contributed by atoms with van der Waals surface area (Å²) in [6.07, 6.45) is 3.03. The molecule has 0 N–H and O–H groups in total. The normalized spacial score (nSPS) is 11.2. The Kier molecular flexibility index (Phi) is 6.34. The molecule has 0 saturated carbocycles. The smallest absolute Gasteiger partial charge is 0.0434 e. The lowest BCUT2D eigenvalue weighted by Crippen LogP contribution is -2.15. The fourth-order valence-electron chi connectivity index (χ4n) is 2.52. The molecule has 0 aliphatic heterocycles. The van der Waals surface area contributed by atoms with Gasteiger partial charge < -0.3 is 0 Å². The zero-order valence-electron chi connectivity index (χ0n) is 13.3. The summed E-state index contributed by atoms with van der Waals surface area (Å²) < 4.78 is 1.09. The number of hydrogen-bond donors (Lipinski definition) is 0. The van der Waals surface area contributed by atoms with Crippen molar-refractivity contribution < 1.29 is 0 Å². The van der Waals surface area contributed by atoms with Crippen LogP contribution in [-0.4, -0.2) is 18.9 Å². The van der Waals surface area contributed by atoms with Gasteiger partial charge in [0.15, 0.2) is 0 Å². The van der Waals surface area contributed by atoms with E-state index in [0.717, 1.165) is 22.7 Å². The second-order valence-corrected chi connectivity index (χ2v) is 8.57. The van der Waals surface area contributed by atoms with Gasteiger partial charge in [-0.15, -0.1) is 0 Å². The second-order valence-electron chi connectivity index (χ2n) is 5.38. The van der Waals surface area contributed by atoms with Crippen molar-refractivity contribution >= 4 is 40.7 Å². The Morgan fingerprint density at radius 3 is 1.88 bits per heavy atom. The van der Waals surface area contributed by atoms with Crippen LogP contribution in [0.3, 0.4) is 0 Å². The molecule has 0 heterocycles. The minimum absolute atomic E-state index is 0.365. The standard InChI is InChI=1S/C21H19BrNP/c22-21-14-8-7-9-18(21)17-23-15-16-24(19-10-3-1-4-11-19)20-12-5-2-6-13-20/h1-14,17H,15-16H2/b23-17+. The third-order valence-corrected chi connectivity index (χ3v) is 6.94. The Morgan fingerprint density at radius 2 is 1.29 bits per heavy atom. The lowest BCUT2D eigenvalue weighted by Gasteiger charge is -2.17. The summed E-state index contributed by atoms with van der Waals surface area (Å²) in [6, 6.07) is 29.7. The molecule has 1 nitrogen and oxygen atoms in total. The Morgan fingerprint density at radius 1 is 0.750 bits per heavy atom. The number of nitrogens with zero attached hydrogens (tertiary/aromatic N) is 1. The van der Waals surface area contributed by atoms with Crippen molar-refractivity contribution in [2.24, 2.45) is 4.99 Å². The topological polar surface area (TPSA) is 12.4 Å². The van der Waals surface area contributed by atoms with Crippen LogP contribution in [0.15, 0.2) is 94.4 Å². The Balaban J connectivity index is 1.72. The average Bonchev–Trinajstić information content (AvgIpc) is 2.64. The maximum atomic E-state index is 4.65. The van der Waals surface area contributed by atoms with E-state index >= 15 is 0 Å². The molecule has 0 amide bonds. The van der Waals surface area contributed by atoms with Crippen LogP contribution in [0.5, 0.6) is 0 Å². The molecule has 3 heteroatoms. The largest absolute Gasteiger partial charge is 0.292 e. The molecule has 0 unspecified atom stereocenters. The van der Waals surface area contributed by atoms with Crippen molar-refractivity contribution in [2.75, 3.05) is 12.7 Å². The molecular weight excluding hydrogens is 377 g/mol. The van der Waals surface area contributed by atoms with E-state index in [1.165, 1.54) is 10.6 Å². The van der Waals surface area contributed by atoms with E-state index in [9.17, 15) is 0 Å². The number of rotatable bonds is 6. The average molecular weight is 396 g/mol. The summed E-state index contributed by atoms with van der Waals surface area (Å²) in [4.78, 5) is 4.65. The van der Waals surface area contributed by atoms with Gasteiger partial charge >= 0.3 is 0 Å². The van der Waals surface area contributed by atoms with Crippen molar-refractivity contribution in [2.45, 2.75) is 0 Å². The molecule has 0 aliphatic carbocycles. The highest BCUT2D eigenvalue weighted by Crippen LogP contribution is 2.32. The lowest BCUT2D eigenvalue weighted by atomic mass is 10.2. The van der Waals surface area contributed by atoms with Crippen molar-refractivity contribution in [1.29, 1.82) is 0 Å². The molecule has 3 aromatic carbocycles. The molecule has 0 radical (unpaired) electrons. The molecule has 0 bridgehead atoms. The van der Waals surface area contributed by atoms with Crippen LogP contribution in [-0.2, 0) is 0 Å². The van der Waals surface area contributed by atoms with Gasteiger partial charge in [0.05, 0.1) is 0 Å². The highest BCUT2D eigenvalue weighted by molar-refractivity contribution is 9.10. The highest BCUT2D eigenvalue weighted by atomic mass is 79.9. The van der Waals surface area contributed by atoms with E-state index in [-0.39, 0.29) is 7.92 Å². The van der Waals surface area contributed by atoms with E-state index in [0.29, 0.717) is 0 Å². The SMILES string of the molecule is Brc1ccccc1/C=N/CCP(c1ccccc1)c1ccccc1. The van der Waals surface area contributed by atoms with Gasteiger partial charge in [-0.05, 0) is 30.8 Å². The fourth-order valence-corrected chi connectivity index (χ4v) is 5.10. The molecule has 3 aromatic rings. The van der Waals surface area contributed by atoms with Crippen molar-refractivity contribution in [1.82, 2.24) is 0 Å². The Labute approximate surface area is 153 Å². The zero-order valence-corrected chi connectivity index (χ0v) is 15.8. The van der Waals surface area contributed by atoms with Gasteiger partial charge in [-0.25, -0.2) is 0 Å². The monoisotopic (exact) mass is 395 g/mol. The van der Waals surface area contributed by atoms with E-state index < -0.39 is 0 Å². The summed E-state index contributed by atoms with van der Waals surface area (Å²) in [5.74, 6) is 0.